The summed E-state index contributed by atoms with van der Waals surface area (Å²) in [7, 11) is 0. The minimum atomic E-state index is -0.430. The van der Waals surface area contributed by atoms with E-state index in [1.54, 1.807) is 12.1 Å². The molecule has 1 aromatic carbocycles. The number of anilines is 1. The third-order valence-electron chi connectivity index (χ3n) is 5.32. The van der Waals surface area contributed by atoms with E-state index in [1.807, 2.05) is 9.80 Å². The van der Waals surface area contributed by atoms with Gasteiger partial charge in [-0.05, 0) is 37.8 Å². The predicted octanol–water partition coefficient (Wildman–Crippen LogP) is 3.32. The molecule has 29 heavy (non-hydrogen) atoms. The SMILES string of the molecule is O=C(NCc1ccc(Cl)cc1F)N(C1CC1)[C@@H]1CCCN(c2nccc(O)n2)C1. The van der Waals surface area contributed by atoms with Gasteiger partial charge < -0.3 is 20.2 Å². The van der Waals surface area contributed by atoms with Gasteiger partial charge in [-0.25, -0.2) is 14.2 Å². The summed E-state index contributed by atoms with van der Waals surface area (Å²) < 4.78 is 14.0. The van der Waals surface area contributed by atoms with Gasteiger partial charge in [0.2, 0.25) is 11.8 Å². The lowest BCUT2D eigenvalue weighted by molar-refractivity contribution is 0.160. The van der Waals surface area contributed by atoms with Crippen LogP contribution >= 0.6 is 11.6 Å². The second-order valence-corrected chi connectivity index (χ2v) is 7.93. The maximum absolute atomic E-state index is 14.0. The Labute approximate surface area is 173 Å². The van der Waals surface area contributed by atoms with Crippen LogP contribution in [0.1, 0.15) is 31.2 Å². The zero-order valence-electron chi connectivity index (χ0n) is 15.9. The molecule has 1 saturated carbocycles. The summed E-state index contributed by atoms with van der Waals surface area (Å²) in [5, 5.41) is 12.8. The van der Waals surface area contributed by atoms with Crippen LogP contribution in [0.3, 0.4) is 0 Å². The molecule has 0 bridgehead atoms. The Bertz CT molecular complexity index is 895. The normalized spacial score (nSPS) is 19.1. The lowest BCUT2D eigenvalue weighted by Crippen LogP contribution is -2.54. The number of halogens is 2. The van der Waals surface area contributed by atoms with Crippen molar-refractivity contribution in [1.82, 2.24) is 20.2 Å². The van der Waals surface area contributed by atoms with Gasteiger partial charge in [-0.2, -0.15) is 4.98 Å². The number of nitrogens with zero attached hydrogens (tertiary/aromatic N) is 4. The van der Waals surface area contributed by atoms with E-state index in [9.17, 15) is 14.3 Å². The van der Waals surface area contributed by atoms with Crippen LogP contribution in [0.15, 0.2) is 30.5 Å². The molecule has 2 fully saturated rings. The molecule has 1 aliphatic heterocycles. The van der Waals surface area contributed by atoms with Crippen LogP contribution in [0, 0.1) is 5.82 Å². The predicted molar refractivity (Wildman–Crippen MR) is 107 cm³/mol. The molecule has 1 aliphatic carbocycles. The summed E-state index contributed by atoms with van der Waals surface area (Å²) in [6, 6.07) is 5.91. The third kappa shape index (κ3) is 4.70. The minimum absolute atomic E-state index is 0.0114. The smallest absolute Gasteiger partial charge is 0.318 e. The van der Waals surface area contributed by atoms with Crippen LogP contribution in [0.4, 0.5) is 15.1 Å². The second-order valence-electron chi connectivity index (χ2n) is 7.49. The van der Waals surface area contributed by atoms with Crippen LogP contribution in [0.25, 0.3) is 0 Å². The van der Waals surface area contributed by atoms with Gasteiger partial charge in [-0.1, -0.05) is 17.7 Å². The number of hydrogen-bond acceptors (Lipinski definition) is 5. The van der Waals surface area contributed by atoms with Crippen LogP contribution in [-0.4, -0.2) is 51.2 Å². The fraction of sp³-hybridized carbons (Fsp3) is 0.450. The molecular formula is C20H23ClFN5O2. The number of piperidine rings is 1. The van der Waals surface area contributed by atoms with Gasteiger partial charge in [0.05, 0.1) is 6.04 Å². The van der Waals surface area contributed by atoms with Gasteiger partial charge in [0.1, 0.15) is 5.82 Å². The molecule has 154 valence electrons. The Hall–Kier alpha value is -2.61. The van der Waals surface area contributed by atoms with Gasteiger partial charge in [-0.15, -0.1) is 0 Å². The fourth-order valence-electron chi connectivity index (χ4n) is 3.76. The highest BCUT2D eigenvalue weighted by Gasteiger charge is 2.39. The average molecular weight is 420 g/mol. The number of amides is 2. The maximum Gasteiger partial charge on any atom is 0.318 e. The quantitative estimate of drug-likeness (QED) is 0.777. The second kappa shape index (κ2) is 8.41. The number of carbonyl (C=O) groups excluding carboxylic acids is 1. The van der Waals surface area contributed by atoms with Gasteiger partial charge in [0.25, 0.3) is 0 Å². The van der Waals surface area contributed by atoms with Crippen LogP contribution in [0.5, 0.6) is 5.88 Å². The van der Waals surface area contributed by atoms with E-state index >= 15 is 0 Å². The van der Waals surface area contributed by atoms with E-state index in [1.165, 1.54) is 18.3 Å². The third-order valence-corrected chi connectivity index (χ3v) is 5.56. The minimum Gasteiger partial charge on any atom is -0.493 e. The van der Waals surface area contributed by atoms with Crippen molar-refractivity contribution in [2.24, 2.45) is 0 Å². The van der Waals surface area contributed by atoms with Gasteiger partial charge in [0.15, 0.2) is 0 Å². The number of aromatic hydroxyl groups is 1. The van der Waals surface area contributed by atoms with Crippen molar-refractivity contribution >= 4 is 23.6 Å². The zero-order valence-corrected chi connectivity index (χ0v) is 16.6. The van der Waals surface area contributed by atoms with Crippen molar-refractivity contribution in [2.45, 2.75) is 44.3 Å². The Morgan fingerprint density at radius 3 is 2.86 bits per heavy atom. The van der Waals surface area contributed by atoms with E-state index < -0.39 is 5.82 Å². The Morgan fingerprint density at radius 1 is 1.31 bits per heavy atom. The molecule has 1 aromatic heterocycles. The van der Waals surface area contributed by atoms with Crippen LogP contribution in [-0.2, 0) is 6.54 Å². The first-order chi connectivity index (χ1) is 14.0. The summed E-state index contributed by atoms with van der Waals surface area (Å²) in [5.74, 6) is -0.0337. The maximum atomic E-state index is 14.0. The molecule has 1 atom stereocenters. The van der Waals surface area contributed by atoms with Gasteiger partial charge in [-0.3, -0.25) is 0 Å². The summed E-state index contributed by atoms with van der Waals surface area (Å²) in [4.78, 5) is 25.2. The summed E-state index contributed by atoms with van der Waals surface area (Å²) in [6.07, 6.45) is 5.25. The van der Waals surface area contributed by atoms with Crippen LogP contribution in [0.2, 0.25) is 5.02 Å². The molecule has 2 aliphatic rings. The molecule has 2 heterocycles. The standard InChI is InChI=1S/C20H23ClFN5O2/c21-14-4-3-13(17(22)10-14)11-24-20(29)27(15-5-6-15)16-2-1-9-26(12-16)19-23-8-7-18(28)25-19/h3-4,7-8,10,15-16H,1-2,5-6,9,11-12H2,(H,24,29)(H,23,25,28)/t16-/m1/s1. The van der Waals surface area contributed by atoms with Crippen molar-refractivity contribution in [3.63, 3.8) is 0 Å². The van der Waals surface area contributed by atoms with E-state index in [4.69, 9.17) is 11.6 Å². The molecule has 9 heteroatoms. The van der Waals surface area contributed by atoms with Gasteiger partial charge >= 0.3 is 6.03 Å². The highest BCUT2D eigenvalue weighted by atomic mass is 35.5. The highest BCUT2D eigenvalue weighted by molar-refractivity contribution is 6.30. The fourth-order valence-corrected chi connectivity index (χ4v) is 3.92. The molecule has 2 N–H and O–H groups in total. The zero-order chi connectivity index (χ0) is 20.4. The Morgan fingerprint density at radius 2 is 2.14 bits per heavy atom. The van der Waals surface area contributed by atoms with E-state index in [0.29, 0.717) is 23.1 Å². The molecular weight excluding hydrogens is 397 g/mol. The van der Waals surface area contributed by atoms with E-state index in [-0.39, 0.29) is 30.5 Å². The Kier molecular flexibility index (Phi) is 5.71. The number of urea groups is 1. The first-order valence-electron chi connectivity index (χ1n) is 9.78. The molecule has 0 unspecified atom stereocenters. The molecule has 1 saturated heterocycles. The van der Waals surface area contributed by atoms with Crippen molar-refractivity contribution in [3.8, 4) is 5.88 Å². The number of aromatic nitrogens is 2. The summed E-state index contributed by atoms with van der Waals surface area (Å²) in [6.45, 7) is 1.48. The summed E-state index contributed by atoms with van der Waals surface area (Å²) >= 11 is 5.79. The highest BCUT2D eigenvalue weighted by Crippen LogP contribution is 2.32. The molecule has 2 amide bonds. The number of rotatable bonds is 5. The monoisotopic (exact) mass is 419 g/mol. The van der Waals surface area contributed by atoms with Gasteiger partial charge in [0, 0.05) is 48.5 Å². The van der Waals surface area contributed by atoms with Crippen LogP contribution < -0.4 is 10.2 Å². The topological polar surface area (TPSA) is 81.6 Å². The number of benzene rings is 1. The first-order valence-corrected chi connectivity index (χ1v) is 10.2. The molecule has 2 aromatic rings. The average Bonchev–Trinajstić information content (AvgIpc) is 3.53. The number of carbonyl (C=O) groups is 1. The lowest BCUT2D eigenvalue weighted by atomic mass is 10.0. The molecule has 0 spiro atoms. The largest absolute Gasteiger partial charge is 0.493 e. The summed E-state index contributed by atoms with van der Waals surface area (Å²) in [5.41, 5.74) is 0.400. The number of nitrogens with one attached hydrogen (secondary N) is 1. The first kappa shape index (κ1) is 19.7. The molecule has 4 rings (SSSR count). The number of hydrogen-bond donors (Lipinski definition) is 2. The van der Waals surface area contributed by atoms with E-state index in [0.717, 1.165) is 32.2 Å². The van der Waals surface area contributed by atoms with Crippen molar-refractivity contribution in [2.75, 3.05) is 18.0 Å². The van der Waals surface area contributed by atoms with Crippen molar-refractivity contribution in [3.05, 3.63) is 46.9 Å². The lowest BCUT2D eigenvalue weighted by Gasteiger charge is -2.39. The van der Waals surface area contributed by atoms with Crippen molar-refractivity contribution in [1.29, 1.82) is 0 Å². The molecule has 7 nitrogen and oxygen atoms in total. The Balaban J connectivity index is 1.43. The molecule has 0 radical (unpaired) electrons. The van der Waals surface area contributed by atoms with Crippen molar-refractivity contribution < 1.29 is 14.3 Å². The van der Waals surface area contributed by atoms with E-state index in [2.05, 4.69) is 15.3 Å².